The fourth-order valence-corrected chi connectivity index (χ4v) is 4.37. The van der Waals surface area contributed by atoms with Gasteiger partial charge in [-0.3, -0.25) is 0 Å². The summed E-state index contributed by atoms with van der Waals surface area (Å²) in [5.41, 5.74) is 0. The number of thiophene rings is 2. The van der Waals surface area contributed by atoms with Gasteiger partial charge in [0, 0.05) is 9.75 Å². The number of rotatable bonds is 7. The van der Waals surface area contributed by atoms with Crippen molar-refractivity contribution in [3.05, 3.63) is 43.7 Å². The summed E-state index contributed by atoms with van der Waals surface area (Å²) in [7, 11) is 0. The van der Waals surface area contributed by atoms with Crippen LogP contribution in [0.25, 0.3) is 0 Å². The molecule has 1 N–H and O–H groups in total. The van der Waals surface area contributed by atoms with Gasteiger partial charge >= 0.3 is 0 Å². The lowest BCUT2D eigenvalue weighted by atomic mass is 10.1. The van der Waals surface area contributed by atoms with E-state index in [2.05, 4.69) is 28.9 Å². The van der Waals surface area contributed by atoms with Crippen LogP contribution in [0.4, 0.5) is 0 Å². The Kier molecular flexibility index (Phi) is 4.59. The Morgan fingerprint density at radius 1 is 1.26 bits per heavy atom. The minimum atomic E-state index is 0.316. The molecule has 0 aromatic carbocycles. The van der Waals surface area contributed by atoms with Crippen LogP contribution in [0, 0.1) is 5.92 Å². The summed E-state index contributed by atoms with van der Waals surface area (Å²) in [5, 5.41) is 5.84. The van der Waals surface area contributed by atoms with Crippen molar-refractivity contribution in [2.24, 2.45) is 5.92 Å². The van der Waals surface area contributed by atoms with Crippen LogP contribution in [0.3, 0.4) is 0 Å². The van der Waals surface area contributed by atoms with E-state index in [1.54, 1.807) is 11.3 Å². The Hall–Kier alpha value is -0.350. The molecule has 0 aliphatic heterocycles. The van der Waals surface area contributed by atoms with Crippen molar-refractivity contribution < 1.29 is 0 Å². The first-order valence-electron chi connectivity index (χ1n) is 6.85. The first-order valence-corrected chi connectivity index (χ1v) is 8.92. The van der Waals surface area contributed by atoms with E-state index in [1.165, 1.54) is 35.4 Å². The average molecular weight is 312 g/mol. The fourth-order valence-electron chi connectivity index (χ4n) is 2.32. The second kappa shape index (κ2) is 6.40. The van der Waals surface area contributed by atoms with E-state index in [-0.39, 0.29) is 0 Å². The molecule has 4 heteroatoms. The van der Waals surface area contributed by atoms with Gasteiger partial charge in [0.1, 0.15) is 0 Å². The average Bonchev–Trinajstić information content (AvgIpc) is 2.89. The summed E-state index contributed by atoms with van der Waals surface area (Å²) >= 11 is 9.56. The van der Waals surface area contributed by atoms with Gasteiger partial charge in [-0.1, -0.05) is 30.5 Å². The molecule has 1 fully saturated rings. The van der Waals surface area contributed by atoms with Crippen LogP contribution in [0.5, 0.6) is 0 Å². The fraction of sp³-hybridized carbons (Fsp3) is 0.467. The van der Waals surface area contributed by atoms with Crippen LogP contribution < -0.4 is 5.32 Å². The van der Waals surface area contributed by atoms with E-state index in [0.29, 0.717) is 6.04 Å². The van der Waals surface area contributed by atoms with E-state index < -0.39 is 0 Å². The largest absolute Gasteiger partial charge is 0.305 e. The Labute approximate surface area is 127 Å². The Morgan fingerprint density at radius 2 is 2.16 bits per heavy atom. The molecule has 1 aliphatic rings. The number of halogens is 1. The summed E-state index contributed by atoms with van der Waals surface area (Å²) in [6, 6.07) is 8.78. The smallest absolute Gasteiger partial charge is 0.0931 e. The van der Waals surface area contributed by atoms with Crippen molar-refractivity contribution in [1.29, 1.82) is 0 Å². The van der Waals surface area contributed by atoms with Crippen molar-refractivity contribution in [3.63, 3.8) is 0 Å². The second-order valence-corrected chi connectivity index (χ2v) is 7.86. The lowest BCUT2D eigenvalue weighted by Gasteiger charge is -2.16. The maximum absolute atomic E-state index is 6.07. The molecule has 0 amide bonds. The summed E-state index contributed by atoms with van der Waals surface area (Å²) in [6.45, 7) is 1.09. The number of hydrogen-bond acceptors (Lipinski definition) is 3. The topological polar surface area (TPSA) is 12.0 Å². The van der Waals surface area contributed by atoms with E-state index in [9.17, 15) is 0 Å². The molecule has 102 valence electrons. The van der Waals surface area contributed by atoms with Crippen molar-refractivity contribution in [1.82, 2.24) is 5.32 Å². The van der Waals surface area contributed by atoms with Crippen LogP contribution in [-0.2, 0) is 0 Å². The lowest BCUT2D eigenvalue weighted by molar-refractivity contribution is 0.560. The van der Waals surface area contributed by atoms with E-state index >= 15 is 0 Å². The molecule has 0 bridgehead atoms. The zero-order valence-electron chi connectivity index (χ0n) is 10.8. The van der Waals surface area contributed by atoms with Gasteiger partial charge in [-0.2, -0.15) is 0 Å². The van der Waals surface area contributed by atoms with Gasteiger partial charge in [0.15, 0.2) is 0 Å². The zero-order valence-corrected chi connectivity index (χ0v) is 13.2. The Bertz CT molecular complexity index is 502. The summed E-state index contributed by atoms with van der Waals surface area (Å²) < 4.78 is 0.872. The van der Waals surface area contributed by atoms with Crippen LogP contribution in [-0.4, -0.2) is 6.54 Å². The summed E-state index contributed by atoms with van der Waals surface area (Å²) in [5.74, 6) is 1.03. The molecule has 1 atom stereocenters. The van der Waals surface area contributed by atoms with Gasteiger partial charge in [0.2, 0.25) is 0 Å². The molecule has 19 heavy (non-hydrogen) atoms. The third-order valence-corrected chi connectivity index (χ3v) is 5.77. The normalized spacial score (nSPS) is 16.7. The highest BCUT2D eigenvalue weighted by atomic mass is 35.5. The molecule has 0 saturated heterocycles. The van der Waals surface area contributed by atoms with Crippen molar-refractivity contribution in [2.45, 2.75) is 31.7 Å². The highest BCUT2D eigenvalue weighted by Gasteiger charge is 2.21. The molecule has 2 aromatic heterocycles. The molecule has 1 unspecified atom stereocenters. The van der Waals surface area contributed by atoms with Gasteiger partial charge in [0.05, 0.1) is 10.4 Å². The third kappa shape index (κ3) is 3.82. The van der Waals surface area contributed by atoms with E-state index in [1.807, 2.05) is 17.4 Å². The summed E-state index contributed by atoms with van der Waals surface area (Å²) in [6.07, 6.45) is 5.57. The summed E-state index contributed by atoms with van der Waals surface area (Å²) in [4.78, 5) is 2.70. The predicted molar refractivity (Wildman–Crippen MR) is 85.5 cm³/mol. The molecule has 1 nitrogen and oxygen atoms in total. The molecule has 0 radical (unpaired) electrons. The third-order valence-electron chi connectivity index (χ3n) is 3.54. The molecule has 2 aromatic rings. The van der Waals surface area contributed by atoms with Crippen molar-refractivity contribution >= 4 is 34.3 Å². The highest BCUT2D eigenvalue weighted by Crippen LogP contribution is 2.34. The van der Waals surface area contributed by atoms with Gasteiger partial charge in [-0.25, -0.2) is 0 Å². The van der Waals surface area contributed by atoms with Gasteiger partial charge in [0.25, 0.3) is 0 Å². The lowest BCUT2D eigenvalue weighted by Crippen LogP contribution is -2.22. The van der Waals surface area contributed by atoms with Crippen molar-refractivity contribution in [3.8, 4) is 0 Å². The van der Waals surface area contributed by atoms with Crippen LogP contribution in [0.1, 0.15) is 41.5 Å². The Morgan fingerprint density at radius 3 is 2.79 bits per heavy atom. The maximum atomic E-state index is 6.07. The molecule has 3 rings (SSSR count). The second-order valence-electron chi connectivity index (χ2n) is 5.13. The van der Waals surface area contributed by atoms with Crippen LogP contribution in [0.2, 0.25) is 4.34 Å². The van der Waals surface area contributed by atoms with E-state index in [4.69, 9.17) is 11.6 Å². The molecule has 1 saturated carbocycles. The number of nitrogens with one attached hydrogen (secondary N) is 1. The molecule has 0 spiro atoms. The van der Waals surface area contributed by atoms with E-state index in [0.717, 1.165) is 16.8 Å². The van der Waals surface area contributed by atoms with Gasteiger partial charge in [-0.15, -0.1) is 22.7 Å². The SMILES string of the molecule is Clc1ccc(C(NCCCC2CC2)c2cccs2)s1. The minimum Gasteiger partial charge on any atom is -0.305 e. The standard InChI is InChI=1S/C15H18ClNS2/c16-14-8-7-13(19-14)15(12-4-2-10-18-12)17-9-1-3-11-5-6-11/h2,4,7-8,10-11,15,17H,1,3,5-6,9H2. The minimum absolute atomic E-state index is 0.316. The first kappa shape index (κ1) is 13.6. The quantitative estimate of drug-likeness (QED) is 0.681. The monoisotopic (exact) mass is 311 g/mol. The molecule has 1 aliphatic carbocycles. The zero-order chi connectivity index (χ0) is 13.1. The highest BCUT2D eigenvalue weighted by molar-refractivity contribution is 7.16. The van der Waals surface area contributed by atoms with Gasteiger partial charge < -0.3 is 5.32 Å². The number of hydrogen-bond donors (Lipinski definition) is 1. The first-order chi connectivity index (χ1) is 9.33. The maximum Gasteiger partial charge on any atom is 0.0931 e. The Balaban J connectivity index is 1.62. The molecular weight excluding hydrogens is 294 g/mol. The van der Waals surface area contributed by atoms with Crippen LogP contribution >= 0.6 is 34.3 Å². The van der Waals surface area contributed by atoms with Gasteiger partial charge in [-0.05, 0) is 48.9 Å². The van der Waals surface area contributed by atoms with Crippen molar-refractivity contribution in [2.75, 3.05) is 6.54 Å². The molecule has 2 heterocycles. The molecular formula is C15H18ClNS2. The predicted octanol–water partition coefficient (Wildman–Crippen LogP) is 5.33. The van der Waals surface area contributed by atoms with Crippen LogP contribution in [0.15, 0.2) is 29.6 Å².